The molecule has 1 heteroatoms. The first-order chi connectivity index (χ1) is 10.3. The summed E-state index contributed by atoms with van der Waals surface area (Å²) < 4.78 is 0. The predicted octanol–water partition coefficient (Wildman–Crippen LogP) is 6.09. The van der Waals surface area contributed by atoms with E-state index in [1.807, 2.05) is 0 Å². The molecule has 21 heavy (non-hydrogen) atoms. The van der Waals surface area contributed by atoms with Crippen LogP contribution in [0.25, 0.3) is 0 Å². The number of hydrogen-bond donors (Lipinski definition) is 1. The van der Waals surface area contributed by atoms with Crippen molar-refractivity contribution in [2.45, 2.75) is 109 Å². The van der Waals surface area contributed by atoms with Gasteiger partial charge in [-0.05, 0) is 43.4 Å². The van der Waals surface area contributed by atoms with Gasteiger partial charge in [0, 0.05) is 0 Å². The first kappa shape index (κ1) is 17.3. The minimum atomic E-state index is 0.0225. The average Bonchev–Trinajstić information content (AvgIpc) is 3.12. The molecule has 4 unspecified atom stereocenters. The molecule has 0 aliphatic heterocycles. The van der Waals surface area contributed by atoms with Crippen molar-refractivity contribution in [3.8, 4) is 0 Å². The molecule has 0 radical (unpaired) electrons. The minimum absolute atomic E-state index is 0.0225. The Labute approximate surface area is 132 Å². The van der Waals surface area contributed by atoms with Crippen molar-refractivity contribution >= 4 is 0 Å². The monoisotopic (exact) mass is 294 g/mol. The molecule has 2 aliphatic rings. The molecule has 1 nitrogen and oxygen atoms in total. The Hall–Kier alpha value is -0.0400. The van der Waals surface area contributed by atoms with Gasteiger partial charge in [0.25, 0.3) is 0 Å². The van der Waals surface area contributed by atoms with Gasteiger partial charge < -0.3 is 5.11 Å². The van der Waals surface area contributed by atoms with Crippen LogP contribution in [0.2, 0.25) is 0 Å². The molecule has 4 atom stereocenters. The number of aliphatic hydroxyl groups excluding tert-OH is 1. The molecule has 0 heterocycles. The van der Waals surface area contributed by atoms with Crippen LogP contribution < -0.4 is 0 Å². The molecular formula is C20H38O. The molecule has 2 rings (SSSR count). The van der Waals surface area contributed by atoms with Gasteiger partial charge in [0.05, 0.1) is 6.10 Å². The van der Waals surface area contributed by atoms with Gasteiger partial charge in [-0.2, -0.15) is 0 Å². The van der Waals surface area contributed by atoms with Crippen molar-refractivity contribution in [2.24, 2.45) is 17.8 Å². The summed E-state index contributed by atoms with van der Waals surface area (Å²) in [5.41, 5.74) is 0. The Morgan fingerprint density at radius 2 is 1.43 bits per heavy atom. The lowest BCUT2D eigenvalue weighted by molar-refractivity contribution is 0.0652. The number of rotatable bonds is 12. The molecule has 0 aromatic rings. The van der Waals surface area contributed by atoms with Crippen molar-refractivity contribution in [2.75, 3.05) is 0 Å². The van der Waals surface area contributed by atoms with Crippen LogP contribution in [0.15, 0.2) is 0 Å². The van der Waals surface area contributed by atoms with Gasteiger partial charge in [0.15, 0.2) is 0 Å². The molecule has 0 spiro atoms. The first-order valence-electron chi connectivity index (χ1n) is 9.99. The Morgan fingerprint density at radius 1 is 0.810 bits per heavy atom. The van der Waals surface area contributed by atoms with E-state index in [4.69, 9.17) is 0 Å². The van der Waals surface area contributed by atoms with Gasteiger partial charge in [-0.1, -0.05) is 77.6 Å². The van der Waals surface area contributed by atoms with E-state index in [0.717, 1.165) is 18.3 Å². The summed E-state index contributed by atoms with van der Waals surface area (Å²) in [4.78, 5) is 0. The summed E-state index contributed by atoms with van der Waals surface area (Å²) in [5.74, 6) is 2.53. The third kappa shape index (κ3) is 5.93. The highest BCUT2D eigenvalue weighted by molar-refractivity contribution is 4.92. The maximum absolute atomic E-state index is 10.4. The molecule has 1 N–H and O–H groups in total. The quantitative estimate of drug-likeness (QED) is 0.431. The topological polar surface area (TPSA) is 20.2 Å². The van der Waals surface area contributed by atoms with Crippen LogP contribution in [-0.4, -0.2) is 11.2 Å². The number of hydrogen-bond acceptors (Lipinski definition) is 1. The molecule has 0 amide bonds. The van der Waals surface area contributed by atoms with Crippen molar-refractivity contribution in [3.63, 3.8) is 0 Å². The second-order valence-corrected chi connectivity index (χ2v) is 7.88. The lowest BCUT2D eigenvalue weighted by atomic mass is 9.83. The highest BCUT2D eigenvalue weighted by atomic mass is 16.3. The van der Waals surface area contributed by atoms with Gasteiger partial charge in [0.2, 0.25) is 0 Å². The molecule has 0 aromatic carbocycles. The summed E-state index contributed by atoms with van der Waals surface area (Å²) in [6.45, 7) is 2.28. The number of aliphatic hydroxyl groups is 1. The van der Waals surface area contributed by atoms with E-state index < -0.39 is 0 Å². The minimum Gasteiger partial charge on any atom is -0.393 e. The van der Waals surface area contributed by atoms with E-state index >= 15 is 0 Å². The van der Waals surface area contributed by atoms with Gasteiger partial charge in [-0.3, -0.25) is 0 Å². The molecule has 2 fully saturated rings. The maximum Gasteiger partial charge on any atom is 0.0571 e. The zero-order valence-electron chi connectivity index (χ0n) is 14.4. The Bertz CT molecular complexity index is 263. The Kier molecular flexibility index (Phi) is 8.14. The smallest absolute Gasteiger partial charge is 0.0571 e. The summed E-state index contributed by atoms with van der Waals surface area (Å²) in [7, 11) is 0. The standard InChI is InChI=1S/C20H38O/c1-2-3-4-5-6-7-8-9-10-11-12-20(21)19-16-17-13-14-18(19)15-17/h17-21H,2-16H2,1H3. The van der Waals surface area contributed by atoms with Crippen LogP contribution in [0.3, 0.4) is 0 Å². The van der Waals surface area contributed by atoms with E-state index in [9.17, 15) is 5.11 Å². The normalized spacial score (nSPS) is 29.1. The first-order valence-corrected chi connectivity index (χ1v) is 9.99. The molecule has 124 valence electrons. The van der Waals surface area contributed by atoms with E-state index in [0.29, 0.717) is 5.92 Å². The van der Waals surface area contributed by atoms with Crippen molar-refractivity contribution in [1.29, 1.82) is 0 Å². The van der Waals surface area contributed by atoms with Gasteiger partial charge in [0.1, 0.15) is 0 Å². The summed E-state index contributed by atoms with van der Waals surface area (Å²) >= 11 is 0. The fraction of sp³-hybridized carbons (Fsp3) is 1.00. The van der Waals surface area contributed by atoms with Gasteiger partial charge in [-0.25, -0.2) is 0 Å². The fourth-order valence-electron chi connectivity index (χ4n) is 4.82. The zero-order chi connectivity index (χ0) is 14.9. The maximum atomic E-state index is 10.4. The third-order valence-electron chi connectivity index (χ3n) is 6.14. The van der Waals surface area contributed by atoms with E-state index in [-0.39, 0.29) is 6.10 Å². The fourth-order valence-corrected chi connectivity index (χ4v) is 4.82. The van der Waals surface area contributed by atoms with E-state index in [1.165, 1.54) is 89.9 Å². The van der Waals surface area contributed by atoms with Crippen molar-refractivity contribution < 1.29 is 5.11 Å². The van der Waals surface area contributed by atoms with Crippen LogP contribution in [0, 0.1) is 17.8 Å². The van der Waals surface area contributed by atoms with E-state index in [2.05, 4.69) is 6.92 Å². The number of unbranched alkanes of at least 4 members (excludes halogenated alkanes) is 9. The lowest BCUT2D eigenvalue weighted by Gasteiger charge is -2.26. The van der Waals surface area contributed by atoms with Crippen molar-refractivity contribution in [3.05, 3.63) is 0 Å². The van der Waals surface area contributed by atoms with Crippen LogP contribution >= 0.6 is 0 Å². The molecule has 2 saturated carbocycles. The largest absolute Gasteiger partial charge is 0.393 e. The van der Waals surface area contributed by atoms with Crippen LogP contribution in [0.5, 0.6) is 0 Å². The van der Waals surface area contributed by atoms with Crippen LogP contribution in [0.1, 0.15) is 103 Å². The molecular weight excluding hydrogens is 256 g/mol. The van der Waals surface area contributed by atoms with Crippen LogP contribution in [-0.2, 0) is 0 Å². The summed E-state index contributed by atoms with van der Waals surface area (Å²) in [6, 6.07) is 0. The number of fused-ring (bicyclic) bond motifs is 2. The molecule has 0 aromatic heterocycles. The molecule has 0 saturated heterocycles. The van der Waals surface area contributed by atoms with Gasteiger partial charge >= 0.3 is 0 Å². The van der Waals surface area contributed by atoms with Crippen molar-refractivity contribution in [1.82, 2.24) is 0 Å². The van der Waals surface area contributed by atoms with Crippen LogP contribution in [0.4, 0.5) is 0 Å². The SMILES string of the molecule is CCCCCCCCCCCCC(O)C1CC2CCC1C2. The summed E-state index contributed by atoms with van der Waals surface area (Å²) in [5, 5.41) is 10.4. The Morgan fingerprint density at radius 3 is 1.95 bits per heavy atom. The average molecular weight is 295 g/mol. The molecule has 2 bridgehead atoms. The highest BCUT2D eigenvalue weighted by Gasteiger charge is 2.42. The van der Waals surface area contributed by atoms with E-state index in [1.54, 1.807) is 0 Å². The highest BCUT2D eigenvalue weighted by Crippen LogP contribution is 2.50. The Balaban J connectivity index is 1.38. The zero-order valence-corrected chi connectivity index (χ0v) is 14.4. The summed E-state index contributed by atoms with van der Waals surface area (Å²) in [6.07, 6.45) is 20.6. The molecule has 2 aliphatic carbocycles. The predicted molar refractivity (Wildman–Crippen MR) is 91.4 cm³/mol. The second-order valence-electron chi connectivity index (χ2n) is 7.88. The lowest BCUT2D eigenvalue weighted by Crippen LogP contribution is -2.25. The van der Waals surface area contributed by atoms with Gasteiger partial charge in [-0.15, -0.1) is 0 Å². The third-order valence-corrected chi connectivity index (χ3v) is 6.14. The second kappa shape index (κ2) is 9.87.